The topological polar surface area (TPSA) is 198 Å². The van der Waals surface area contributed by atoms with E-state index in [-0.39, 0.29) is 34.5 Å². The van der Waals surface area contributed by atoms with Crippen molar-refractivity contribution in [1.82, 2.24) is 29.3 Å². The quantitative estimate of drug-likeness (QED) is 0.0976. The average Bonchev–Trinajstić information content (AvgIpc) is 3.58. The van der Waals surface area contributed by atoms with E-state index < -0.39 is 24.9 Å². The number of nitrogen functional groups attached to an aromatic ring is 2. The van der Waals surface area contributed by atoms with Crippen LogP contribution in [0.2, 0.25) is 0 Å². The molecule has 3 heterocycles. The van der Waals surface area contributed by atoms with E-state index in [9.17, 15) is 30.0 Å². The van der Waals surface area contributed by atoms with Crippen molar-refractivity contribution in [2.75, 3.05) is 28.7 Å². The first-order valence-electron chi connectivity index (χ1n) is 13.2. The molecule has 0 unspecified atom stereocenters. The number of hydrogen-bond donors (Lipinski definition) is 4. The molecule has 0 amide bonds. The monoisotopic (exact) mass is 901 g/mol. The van der Waals surface area contributed by atoms with E-state index in [0.29, 0.717) is 31.8 Å². The van der Waals surface area contributed by atoms with Gasteiger partial charge < -0.3 is 11.5 Å². The summed E-state index contributed by atoms with van der Waals surface area (Å²) in [5.74, 6) is -0.741. The molecule has 0 spiro atoms. The number of halogens is 6. The molecule has 269 valence electrons. The number of anilines is 3. The Hall–Kier alpha value is -3.38. The average molecular weight is 904 g/mol. The summed E-state index contributed by atoms with van der Waals surface area (Å²) in [5.41, 5.74) is 12.9. The molecule has 0 aliphatic heterocycles. The number of rotatable bonds is 2. The Morgan fingerprint density at radius 2 is 1.18 bits per heavy atom. The Bertz CT molecular complexity index is 2350. The van der Waals surface area contributed by atoms with Crippen LogP contribution < -0.4 is 16.2 Å². The fourth-order valence-corrected chi connectivity index (χ4v) is 5.91. The van der Waals surface area contributed by atoms with Crippen molar-refractivity contribution >= 4 is 132 Å². The molecule has 0 atom stereocenters. The van der Waals surface area contributed by atoms with Crippen LogP contribution in [-0.4, -0.2) is 66.3 Å². The molecular formula is C26H28BBr2ClF3N10O4S3. The van der Waals surface area contributed by atoms with Gasteiger partial charge in [-0.05, 0) is 68.3 Å². The molecule has 0 aliphatic carbocycles. The number of nitrogens with one attached hydrogen (secondary N) is 1. The summed E-state index contributed by atoms with van der Waals surface area (Å²) >= 11 is 9.77. The van der Waals surface area contributed by atoms with Gasteiger partial charge in [-0.3, -0.25) is 18.8 Å². The molecule has 3 aromatic heterocycles. The first kappa shape index (κ1) is 42.8. The van der Waals surface area contributed by atoms with Gasteiger partial charge in [0.25, 0.3) is 0 Å². The number of nitrogens with two attached hydrogens (primary N) is 2. The van der Waals surface area contributed by atoms with Crippen LogP contribution in [0.4, 0.5) is 30.6 Å². The van der Waals surface area contributed by atoms with Crippen molar-refractivity contribution in [2.24, 2.45) is 25.4 Å². The van der Waals surface area contributed by atoms with Gasteiger partial charge in [0.2, 0.25) is 19.1 Å². The summed E-state index contributed by atoms with van der Waals surface area (Å²) in [4.78, 5) is 0. The number of sulfonamides is 1. The van der Waals surface area contributed by atoms with Crippen LogP contribution in [0, 0.1) is 17.5 Å². The fraction of sp³-hybridized carbons (Fsp3) is 0.192. The molecule has 0 fully saturated rings. The minimum absolute atomic E-state index is 0.0104. The van der Waals surface area contributed by atoms with Crippen LogP contribution in [-0.2, 0) is 40.2 Å². The third-order valence-corrected chi connectivity index (χ3v) is 7.78. The Balaban J connectivity index is 0.000000238. The summed E-state index contributed by atoms with van der Waals surface area (Å²) in [5, 5.41) is 12.7. The van der Waals surface area contributed by atoms with E-state index in [0.717, 1.165) is 17.0 Å². The zero-order valence-electron chi connectivity index (χ0n) is 26.6. The van der Waals surface area contributed by atoms with Gasteiger partial charge in [-0.25, -0.2) is 30.0 Å². The van der Waals surface area contributed by atoms with Crippen LogP contribution >= 0.6 is 55.4 Å². The Morgan fingerprint density at radius 3 is 1.64 bits per heavy atom. The second-order valence-electron chi connectivity index (χ2n) is 9.80. The molecule has 0 bridgehead atoms. The van der Waals surface area contributed by atoms with E-state index in [1.54, 1.807) is 54.8 Å². The molecule has 3 aromatic carbocycles. The van der Waals surface area contributed by atoms with Crippen LogP contribution in [0.25, 0.3) is 32.7 Å². The van der Waals surface area contributed by atoms with Gasteiger partial charge in [-0.1, -0.05) is 6.07 Å². The molecule has 0 saturated carbocycles. The third-order valence-electron chi connectivity index (χ3n) is 5.94. The van der Waals surface area contributed by atoms with Crippen LogP contribution in [0.5, 0.6) is 0 Å². The van der Waals surface area contributed by atoms with Crippen molar-refractivity contribution in [3.8, 4) is 0 Å². The van der Waals surface area contributed by atoms with Gasteiger partial charge in [0.15, 0.2) is 17.5 Å². The molecule has 14 nitrogen and oxygen atoms in total. The number of nitrogens with zero attached hydrogens (tertiary/aromatic N) is 7. The SMILES string of the molecule is CS(=O)(=O)Cl.Cn1nc(N)c2c(F)ccc(Br)c21.Cn1nc(N)c2c(F)cccc21.Cn1nc(NS(C)(=O)=O)c2c(F)ccc(Br)c21.[B]=NS. The summed E-state index contributed by atoms with van der Waals surface area (Å²) in [6.45, 7) is 0. The first-order valence-corrected chi connectivity index (χ1v) is 19.8. The summed E-state index contributed by atoms with van der Waals surface area (Å²) in [6, 6.07) is 10.6. The molecule has 6 aromatic rings. The number of fused-ring (bicyclic) bond motifs is 3. The molecule has 0 saturated heterocycles. The maximum atomic E-state index is 13.7. The third kappa shape index (κ3) is 11.6. The number of thiol groups is 1. The first-order chi connectivity index (χ1) is 23.0. The molecule has 0 aliphatic rings. The van der Waals surface area contributed by atoms with Gasteiger partial charge in [0.1, 0.15) is 17.5 Å². The number of hydrogen-bond acceptors (Lipinski definition) is 11. The molecule has 5 N–H and O–H groups in total. The molecule has 1 radical (unpaired) electrons. The van der Waals surface area contributed by atoms with E-state index in [4.69, 9.17) is 11.5 Å². The van der Waals surface area contributed by atoms with Gasteiger partial charge >= 0.3 is 24.8 Å². The Morgan fingerprint density at radius 1 is 0.780 bits per heavy atom. The van der Waals surface area contributed by atoms with Crippen molar-refractivity contribution in [3.05, 3.63) is 68.9 Å². The number of benzene rings is 3. The summed E-state index contributed by atoms with van der Waals surface area (Å²) in [7, 11) is 7.22. The zero-order valence-corrected chi connectivity index (χ0v) is 33.0. The molecule has 6 rings (SSSR count). The van der Waals surface area contributed by atoms with Crippen LogP contribution in [0.15, 0.2) is 55.7 Å². The van der Waals surface area contributed by atoms with Gasteiger partial charge in [-0.2, -0.15) is 15.3 Å². The van der Waals surface area contributed by atoms with Crippen molar-refractivity contribution in [2.45, 2.75) is 0 Å². The van der Waals surface area contributed by atoms with E-state index in [2.05, 4.69) is 87.3 Å². The van der Waals surface area contributed by atoms with Gasteiger partial charge in [0, 0.05) is 40.8 Å². The van der Waals surface area contributed by atoms with Crippen LogP contribution in [0.1, 0.15) is 0 Å². The number of aromatic nitrogens is 6. The normalized spacial score (nSPS) is 10.9. The van der Waals surface area contributed by atoms with E-state index in [1.807, 2.05) is 0 Å². The Kier molecular flexibility index (Phi) is 15.2. The second-order valence-corrected chi connectivity index (χ2v) is 16.5. The standard InChI is InChI=1S/C9H9BrFN3O2S.C8H7BrFN3.C8H8FN3.CH3ClO2S.BHNS/c1-14-8-5(10)3-4-6(11)7(8)9(12-14)13-17(2,15)16;1-13-7-4(9)2-3-5(10)6(7)8(11)12-13;1-12-6-4-2-3-5(9)7(6)8(10)11-12;1-5(2,3)4;1-2-3/h3-4H,1-2H3,(H,12,13);2-3H,1H3,(H2,11,12);2-4H,1H3,(H2,10,11);1H3;3H. The number of aryl methyl sites for hydroxylation is 3. The van der Waals surface area contributed by atoms with E-state index in [1.165, 1.54) is 22.9 Å². The summed E-state index contributed by atoms with van der Waals surface area (Å²) < 4.78 is 92.1. The van der Waals surface area contributed by atoms with Crippen molar-refractivity contribution in [3.63, 3.8) is 0 Å². The predicted molar refractivity (Wildman–Crippen MR) is 203 cm³/mol. The van der Waals surface area contributed by atoms with Gasteiger partial charge in [0.05, 0.1) is 45.2 Å². The molecular weight excluding hydrogens is 876 g/mol. The fourth-order valence-electron chi connectivity index (χ4n) is 4.24. The van der Waals surface area contributed by atoms with Crippen LogP contribution in [0.3, 0.4) is 0 Å². The van der Waals surface area contributed by atoms with Gasteiger partial charge in [-0.15, -0.1) is 0 Å². The molecule has 24 heteroatoms. The zero-order chi connectivity index (χ0) is 38.3. The van der Waals surface area contributed by atoms with Crippen molar-refractivity contribution < 1.29 is 30.0 Å². The minimum atomic E-state index is -3.49. The Labute approximate surface area is 312 Å². The maximum absolute atomic E-state index is 13.7. The summed E-state index contributed by atoms with van der Waals surface area (Å²) in [6.07, 6.45) is 1.91. The predicted octanol–water partition coefficient (Wildman–Crippen LogP) is 5.57. The van der Waals surface area contributed by atoms with Crippen molar-refractivity contribution in [1.29, 1.82) is 0 Å². The molecule has 50 heavy (non-hydrogen) atoms. The second kappa shape index (κ2) is 17.7. The van der Waals surface area contributed by atoms with E-state index >= 15 is 0 Å².